The van der Waals surface area contributed by atoms with E-state index >= 15 is 0 Å². The van der Waals surface area contributed by atoms with Crippen molar-refractivity contribution in [3.8, 4) is 5.75 Å². The molecule has 0 aromatic heterocycles. The van der Waals surface area contributed by atoms with Crippen LogP contribution in [0.3, 0.4) is 0 Å². The van der Waals surface area contributed by atoms with Crippen molar-refractivity contribution in [2.75, 3.05) is 37.7 Å². The quantitative estimate of drug-likeness (QED) is 0.418. The minimum Gasteiger partial charge on any atom is -0.492 e. The van der Waals surface area contributed by atoms with Gasteiger partial charge in [-0.15, -0.1) is 0 Å². The topological polar surface area (TPSA) is 87.8 Å². The van der Waals surface area contributed by atoms with Crippen LogP contribution in [-0.4, -0.2) is 49.9 Å². The van der Waals surface area contributed by atoms with Gasteiger partial charge in [-0.3, -0.25) is 4.79 Å². The summed E-state index contributed by atoms with van der Waals surface area (Å²) in [6.45, 7) is 7.44. The van der Waals surface area contributed by atoms with Crippen LogP contribution < -0.4 is 20.7 Å². The standard InChI is InChI=1S/C26H37N3O3/c1-3-7-21-8-4-5-9-24(21)32-15-11-28-19(2)16-20-17-22-10-13-29(12-6-14-30)25(22)23(18-20)26(27)31/h4-5,8-9,17-19,28,30H,3,6-7,10-16H2,1-2H3,(H2,27,31)/t19-/m1/s1. The number of hydrogen-bond acceptors (Lipinski definition) is 5. The number of nitrogens with zero attached hydrogens (tertiary/aromatic N) is 1. The third kappa shape index (κ3) is 6.24. The summed E-state index contributed by atoms with van der Waals surface area (Å²) in [5.41, 5.74) is 10.8. The number of carbonyl (C=O) groups excluding carboxylic acids is 1. The molecule has 0 radical (unpaired) electrons. The van der Waals surface area contributed by atoms with Crippen molar-refractivity contribution in [2.24, 2.45) is 5.73 Å². The largest absolute Gasteiger partial charge is 0.492 e. The second kappa shape index (κ2) is 11.9. The third-order valence-corrected chi connectivity index (χ3v) is 5.95. The van der Waals surface area contributed by atoms with Gasteiger partial charge in [-0.2, -0.15) is 0 Å². The van der Waals surface area contributed by atoms with Crippen molar-refractivity contribution in [3.63, 3.8) is 0 Å². The lowest BCUT2D eigenvalue weighted by Crippen LogP contribution is -2.32. The molecule has 2 aromatic rings. The molecule has 6 nitrogen and oxygen atoms in total. The molecule has 1 heterocycles. The fourth-order valence-electron chi connectivity index (χ4n) is 4.50. The zero-order chi connectivity index (χ0) is 22.9. The summed E-state index contributed by atoms with van der Waals surface area (Å²) in [4.78, 5) is 14.3. The highest BCUT2D eigenvalue weighted by Crippen LogP contribution is 2.33. The number of primary amides is 1. The van der Waals surface area contributed by atoms with Gasteiger partial charge in [0.15, 0.2) is 0 Å². The molecule has 0 fully saturated rings. The molecule has 174 valence electrons. The van der Waals surface area contributed by atoms with Crippen molar-refractivity contribution >= 4 is 11.6 Å². The van der Waals surface area contributed by atoms with Crippen LogP contribution in [0.25, 0.3) is 0 Å². The van der Waals surface area contributed by atoms with Gasteiger partial charge >= 0.3 is 0 Å². The number of amides is 1. The SMILES string of the molecule is CCCc1ccccc1OCCN[C@H](C)Cc1cc2c(c(C(N)=O)c1)N(CCCO)CC2. The molecule has 4 N–H and O–H groups in total. The van der Waals surface area contributed by atoms with E-state index in [9.17, 15) is 4.79 Å². The van der Waals surface area contributed by atoms with E-state index in [1.165, 1.54) is 11.1 Å². The molecule has 0 aliphatic carbocycles. The number of aliphatic hydroxyl groups is 1. The number of para-hydroxylation sites is 1. The number of nitrogens with two attached hydrogens (primary N) is 1. The summed E-state index contributed by atoms with van der Waals surface area (Å²) in [6.07, 6.45) is 4.53. The van der Waals surface area contributed by atoms with Crippen LogP contribution in [0, 0.1) is 0 Å². The van der Waals surface area contributed by atoms with Gasteiger partial charge in [-0.25, -0.2) is 0 Å². The normalized spacial score (nSPS) is 13.8. The van der Waals surface area contributed by atoms with Crippen LogP contribution in [0.1, 0.15) is 53.7 Å². The number of aliphatic hydroxyl groups excluding tert-OH is 1. The molecular formula is C26H37N3O3. The molecule has 6 heteroatoms. The van der Waals surface area contributed by atoms with Crippen molar-refractivity contribution in [2.45, 2.75) is 52.0 Å². The van der Waals surface area contributed by atoms with Gasteiger partial charge in [0.2, 0.25) is 0 Å². The molecule has 0 unspecified atom stereocenters. The first-order chi connectivity index (χ1) is 15.5. The number of ether oxygens (including phenoxy) is 1. The number of rotatable bonds is 13. The maximum atomic E-state index is 12.2. The van der Waals surface area contributed by atoms with Gasteiger partial charge in [-0.1, -0.05) is 37.6 Å². The number of hydrogen-bond donors (Lipinski definition) is 3. The van der Waals surface area contributed by atoms with E-state index in [0.29, 0.717) is 18.6 Å². The summed E-state index contributed by atoms with van der Waals surface area (Å²) in [5.74, 6) is 0.582. The zero-order valence-corrected chi connectivity index (χ0v) is 19.4. The highest BCUT2D eigenvalue weighted by Gasteiger charge is 2.25. The van der Waals surface area contributed by atoms with Gasteiger partial charge in [0.05, 0.1) is 11.3 Å². The molecule has 0 bridgehead atoms. The second-order valence-corrected chi connectivity index (χ2v) is 8.60. The first kappa shape index (κ1) is 24.1. The highest BCUT2D eigenvalue weighted by molar-refractivity contribution is 6.00. The maximum Gasteiger partial charge on any atom is 0.250 e. The Kier molecular flexibility index (Phi) is 8.94. The van der Waals surface area contributed by atoms with E-state index in [2.05, 4.69) is 42.3 Å². The Bertz CT molecular complexity index is 900. The summed E-state index contributed by atoms with van der Waals surface area (Å²) < 4.78 is 6.00. The fourth-order valence-corrected chi connectivity index (χ4v) is 4.50. The Morgan fingerprint density at radius 3 is 2.88 bits per heavy atom. The average molecular weight is 440 g/mol. The molecule has 1 amide bonds. The lowest BCUT2D eigenvalue weighted by atomic mass is 9.98. The number of aryl methyl sites for hydroxylation is 1. The van der Waals surface area contributed by atoms with Crippen LogP contribution >= 0.6 is 0 Å². The number of benzene rings is 2. The van der Waals surface area contributed by atoms with E-state index in [4.69, 9.17) is 15.6 Å². The monoisotopic (exact) mass is 439 g/mol. The van der Waals surface area contributed by atoms with E-state index in [1.54, 1.807) is 0 Å². The molecule has 0 spiro atoms. The molecule has 32 heavy (non-hydrogen) atoms. The predicted molar refractivity (Wildman–Crippen MR) is 130 cm³/mol. The Hall–Kier alpha value is -2.57. The van der Waals surface area contributed by atoms with Crippen LogP contribution in [-0.2, 0) is 19.3 Å². The molecule has 0 saturated carbocycles. The molecule has 3 rings (SSSR count). The fraction of sp³-hybridized carbons (Fsp3) is 0.500. The molecule has 1 aliphatic heterocycles. The van der Waals surface area contributed by atoms with Crippen molar-refractivity contribution in [3.05, 3.63) is 58.7 Å². The van der Waals surface area contributed by atoms with Crippen LogP contribution in [0.2, 0.25) is 0 Å². The minimum absolute atomic E-state index is 0.146. The minimum atomic E-state index is -0.390. The molecule has 1 aliphatic rings. The Morgan fingerprint density at radius 1 is 1.31 bits per heavy atom. The van der Waals surface area contributed by atoms with Gasteiger partial charge in [0, 0.05) is 32.3 Å². The van der Waals surface area contributed by atoms with Crippen LogP contribution in [0.5, 0.6) is 5.75 Å². The summed E-state index contributed by atoms with van der Waals surface area (Å²) in [6, 6.07) is 12.6. The van der Waals surface area contributed by atoms with E-state index in [1.807, 2.05) is 18.2 Å². The highest BCUT2D eigenvalue weighted by atomic mass is 16.5. The van der Waals surface area contributed by atoms with E-state index < -0.39 is 5.91 Å². The van der Waals surface area contributed by atoms with Crippen LogP contribution in [0.15, 0.2) is 36.4 Å². The second-order valence-electron chi connectivity index (χ2n) is 8.60. The number of carbonyl (C=O) groups is 1. The summed E-state index contributed by atoms with van der Waals surface area (Å²) in [7, 11) is 0. The maximum absolute atomic E-state index is 12.2. The lowest BCUT2D eigenvalue weighted by molar-refractivity contribution is 0.100. The molecule has 0 saturated heterocycles. The van der Waals surface area contributed by atoms with Crippen molar-refractivity contribution in [1.29, 1.82) is 0 Å². The van der Waals surface area contributed by atoms with Gasteiger partial charge in [0.25, 0.3) is 5.91 Å². The van der Waals surface area contributed by atoms with Gasteiger partial charge in [-0.05, 0) is 61.4 Å². The smallest absolute Gasteiger partial charge is 0.250 e. The summed E-state index contributed by atoms with van der Waals surface area (Å²) in [5, 5.41) is 12.7. The lowest BCUT2D eigenvalue weighted by Gasteiger charge is -2.22. The number of nitrogens with one attached hydrogen (secondary N) is 1. The summed E-state index contributed by atoms with van der Waals surface area (Å²) >= 11 is 0. The number of fused-ring (bicyclic) bond motifs is 1. The van der Waals surface area contributed by atoms with E-state index in [-0.39, 0.29) is 12.6 Å². The van der Waals surface area contributed by atoms with E-state index in [0.717, 1.165) is 62.3 Å². The molecule has 2 aromatic carbocycles. The zero-order valence-electron chi connectivity index (χ0n) is 19.4. The van der Waals surface area contributed by atoms with Crippen LogP contribution in [0.4, 0.5) is 5.69 Å². The number of anilines is 1. The average Bonchev–Trinajstić information content (AvgIpc) is 3.18. The Labute approximate surface area is 191 Å². The van der Waals surface area contributed by atoms with Gasteiger partial charge in [0.1, 0.15) is 12.4 Å². The van der Waals surface area contributed by atoms with Crippen molar-refractivity contribution in [1.82, 2.24) is 5.32 Å². The van der Waals surface area contributed by atoms with Gasteiger partial charge < -0.3 is 25.8 Å². The predicted octanol–water partition coefficient (Wildman–Crippen LogP) is 3.08. The molecular weight excluding hydrogens is 402 g/mol. The first-order valence-electron chi connectivity index (χ1n) is 11.8. The Balaban J connectivity index is 1.56. The first-order valence-corrected chi connectivity index (χ1v) is 11.8. The van der Waals surface area contributed by atoms with Crippen molar-refractivity contribution < 1.29 is 14.6 Å². The molecule has 1 atom stereocenters. The third-order valence-electron chi connectivity index (χ3n) is 5.95. The Morgan fingerprint density at radius 2 is 2.12 bits per heavy atom.